The number of thioether (sulfide) groups is 1. The molecule has 0 aliphatic carbocycles. The van der Waals surface area contributed by atoms with Crippen LogP contribution in [-0.2, 0) is 16.1 Å². The topological polar surface area (TPSA) is 104 Å². The van der Waals surface area contributed by atoms with E-state index in [2.05, 4.69) is 15.5 Å². The Morgan fingerprint density at radius 1 is 1.00 bits per heavy atom. The zero-order chi connectivity index (χ0) is 22.3. The highest BCUT2D eigenvalue weighted by Gasteiger charge is 2.15. The molecular formula is C23H19N3O5S. The average Bonchev–Trinajstić information content (AvgIpc) is 3.29. The number of nitrogens with one attached hydrogen (secondary N) is 1. The summed E-state index contributed by atoms with van der Waals surface area (Å²) in [4.78, 5) is 24.1. The van der Waals surface area contributed by atoms with Gasteiger partial charge in [0.05, 0.1) is 24.1 Å². The monoisotopic (exact) mass is 449 g/mol. The quantitative estimate of drug-likeness (QED) is 0.313. The minimum Gasteiger partial charge on any atom is -0.484 e. The number of nitrogens with zero attached hydrogens (tertiary/aromatic N) is 2. The van der Waals surface area contributed by atoms with Crippen molar-refractivity contribution in [3.63, 3.8) is 0 Å². The number of hydrogen-bond donors (Lipinski definition) is 1. The number of anilines is 1. The zero-order valence-electron chi connectivity index (χ0n) is 17.1. The SMILES string of the molecule is COC(=O)c1ccccc1NC(=O)CSc1nnc(COc2ccc3ccccc3c2)o1. The van der Waals surface area contributed by atoms with E-state index in [0.717, 1.165) is 22.5 Å². The van der Waals surface area contributed by atoms with E-state index in [0.29, 0.717) is 17.3 Å². The van der Waals surface area contributed by atoms with Gasteiger partial charge < -0.3 is 19.2 Å². The van der Waals surface area contributed by atoms with Gasteiger partial charge in [0, 0.05) is 0 Å². The van der Waals surface area contributed by atoms with Crippen LogP contribution >= 0.6 is 11.8 Å². The van der Waals surface area contributed by atoms with Gasteiger partial charge in [0.15, 0.2) is 6.61 Å². The molecule has 3 aromatic carbocycles. The Kier molecular flexibility index (Phi) is 6.66. The number of esters is 1. The van der Waals surface area contributed by atoms with Crippen LogP contribution in [0, 0.1) is 0 Å². The number of methoxy groups -OCH3 is 1. The number of carbonyl (C=O) groups is 2. The number of benzene rings is 3. The number of ether oxygens (including phenoxy) is 2. The third-order valence-corrected chi connectivity index (χ3v) is 5.28. The van der Waals surface area contributed by atoms with E-state index in [4.69, 9.17) is 13.9 Å². The van der Waals surface area contributed by atoms with Crippen LogP contribution in [0.4, 0.5) is 5.69 Å². The first-order valence-corrected chi connectivity index (χ1v) is 10.6. The minimum atomic E-state index is -0.526. The Hall–Kier alpha value is -3.85. The lowest BCUT2D eigenvalue weighted by molar-refractivity contribution is -0.113. The molecule has 8 nitrogen and oxygen atoms in total. The van der Waals surface area contributed by atoms with Crippen LogP contribution in [0.15, 0.2) is 76.4 Å². The lowest BCUT2D eigenvalue weighted by atomic mass is 10.1. The average molecular weight is 449 g/mol. The van der Waals surface area contributed by atoms with Gasteiger partial charge in [-0.2, -0.15) is 0 Å². The number of aromatic nitrogens is 2. The molecular weight excluding hydrogens is 430 g/mol. The predicted octanol–water partition coefficient (Wildman–Crippen LogP) is 4.32. The highest BCUT2D eigenvalue weighted by atomic mass is 32.2. The van der Waals surface area contributed by atoms with E-state index in [1.807, 2.05) is 42.5 Å². The first kappa shape index (κ1) is 21.4. The molecule has 4 aromatic rings. The number of hydrogen-bond acceptors (Lipinski definition) is 8. The Morgan fingerprint density at radius 3 is 2.62 bits per heavy atom. The summed E-state index contributed by atoms with van der Waals surface area (Å²) in [6.07, 6.45) is 0. The van der Waals surface area contributed by atoms with Crippen LogP contribution in [0.5, 0.6) is 5.75 Å². The number of fused-ring (bicyclic) bond motifs is 1. The third-order valence-electron chi connectivity index (χ3n) is 4.46. The Labute approximate surface area is 187 Å². The molecule has 1 aromatic heterocycles. The van der Waals surface area contributed by atoms with Gasteiger partial charge >= 0.3 is 5.97 Å². The molecule has 32 heavy (non-hydrogen) atoms. The van der Waals surface area contributed by atoms with Gasteiger partial charge in [-0.15, -0.1) is 10.2 Å². The fourth-order valence-corrected chi connectivity index (χ4v) is 3.53. The van der Waals surface area contributed by atoms with Crippen LogP contribution < -0.4 is 10.1 Å². The van der Waals surface area contributed by atoms with E-state index < -0.39 is 5.97 Å². The summed E-state index contributed by atoms with van der Waals surface area (Å²) in [5.41, 5.74) is 0.652. The van der Waals surface area contributed by atoms with Crippen LogP contribution in [-0.4, -0.2) is 34.9 Å². The summed E-state index contributed by atoms with van der Waals surface area (Å²) in [5, 5.41) is 13.0. The maximum Gasteiger partial charge on any atom is 0.339 e. The summed E-state index contributed by atoms with van der Waals surface area (Å²) in [6, 6.07) is 20.4. The summed E-state index contributed by atoms with van der Waals surface area (Å²) in [5.74, 6) is 0.180. The molecule has 0 aliphatic heterocycles. The third kappa shape index (κ3) is 5.25. The van der Waals surface area contributed by atoms with Crippen molar-refractivity contribution in [2.75, 3.05) is 18.2 Å². The Bertz CT molecular complexity index is 1260. The van der Waals surface area contributed by atoms with Gasteiger partial charge in [0.2, 0.25) is 5.91 Å². The molecule has 0 atom stereocenters. The molecule has 0 saturated heterocycles. The molecule has 0 aliphatic rings. The van der Waals surface area contributed by atoms with Gasteiger partial charge in [-0.05, 0) is 35.0 Å². The van der Waals surface area contributed by atoms with Crippen molar-refractivity contribution in [2.24, 2.45) is 0 Å². The van der Waals surface area contributed by atoms with Crippen LogP contribution in [0.25, 0.3) is 10.8 Å². The van der Waals surface area contributed by atoms with E-state index in [-0.39, 0.29) is 29.1 Å². The highest BCUT2D eigenvalue weighted by molar-refractivity contribution is 7.99. The fraction of sp³-hybridized carbons (Fsp3) is 0.130. The normalized spacial score (nSPS) is 10.7. The van der Waals surface area contributed by atoms with Gasteiger partial charge in [-0.1, -0.05) is 54.2 Å². The summed E-state index contributed by atoms with van der Waals surface area (Å²) < 4.78 is 16.0. The number of para-hydroxylation sites is 1. The molecule has 9 heteroatoms. The molecule has 0 bridgehead atoms. The smallest absolute Gasteiger partial charge is 0.339 e. The molecule has 0 fully saturated rings. The number of rotatable bonds is 8. The first-order valence-electron chi connectivity index (χ1n) is 9.66. The van der Waals surface area contributed by atoms with Crippen LogP contribution in [0.1, 0.15) is 16.2 Å². The Balaban J connectivity index is 1.29. The van der Waals surface area contributed by atoms with Crippen LogP contribution in [0.3, 0.4) is 0 Å². The molecule has 162 valence electrons. The summed E-state index contributed by atoms with van der Waals surface area (Å²) >= 11 is 1.09. The second kappa shape index (κ2) is 9.97. The molecule has 0 spiro atoms. The molecule has 0 unspecified atom stereocenters. The molecule has 0 radical (unpaired) electrons. The van der Waals surface area contributed by atoms with Crippen molar-refractivity contribution in [1.29, 1.82) is 0 Å². The van der Waals surface area contributed by atoms with Crippen molar-refractivity contribution in [1.82, 2.24) is 10.2 Å². The lowest BCUT2D eigenvalue weighted by Gasteiger charge is -2.08. The van der Waals surface area contributed by atoms with Crippen molar-refractivity contribution in [3.05, 3.63) is 78.2 Å². The lowest BCUT2D eigenvalue weighted by Crippen LogP contribution is -2.17. The van der Waals surface area contributed by atoms with E-state index >= 15 is 0 Å². The maximum absolute atomic E-state index is 12.3. The summed E-state index contributed by atoms with van der Waals surface area (Å²) in [7, 11) is 1.29. The van der Waals surface area contributed by atoms with E-state index in [1.165, 1.54) is 7.11 Å². The molecule has 1 amide bonds. The number of amides is 1. The van der Waals surface area contributed by atoms with Crippen molar-refractivity contribution >= 4 is 40.1 Å². The maximum atomic E-state index is 12.3. The zero-order valence-corrected chi connectivity index (χ0v) is 17.9. The number of carbonyl (C=O) groups excluding carboxylic acids is 2. The van der Waals surface area contributed by atoms with Crippen molar-refractivity contribution < 1.29 is 23.5 Å². The van der Waals surface area contributed by atoms with Gasteiger partial charge in [0.25, 0.3) is 11.1 Å². The predicted molar refractivity (Wildman–Crippen MR) is 120 cm³/mol. The molecule has 1 heterocycles. The second-order valence-electron chi connectivity index (χ2n) is 6.63. The molecule has 0 saturated carbocycles. The van der Waals surface area contributed by atoms with Gasteiger partial charge in [0.1, 0.15) is 5.75 Å². The van der Waals surface area contributed by atoms with Crippen molar-refractivity contribution in [3.8, 4) is 5.75 Å². The fourth-order valence-electron chi connectivity index (χ4n) is 2.95. The minimum absolute atomic E-state index is 0.0304. The van der Waals surface area contributed by atoms with Crippen molar-refractivity contribution in [2.45, 2.75) is 11.8 Å². The van der Waals surface area contributed by atoms with E-state index in [1.54, 1.807) is 24.3 Å². The van der Waals surface area contributed by atoms with Gasteiger partial charge in [-0.3, -0.25) is 4.79 Å². The first-order chi connectivity index (χ1) is 15.6. The van der Waals surface area contributed by atoms with E-state index in [9.17, 15) is 9.59 Å². The molecule has 1 N–H and O–H groups in total. The van der Waals surface area contributed by atoms with Gasteiger partial charge in [-0.25, -0.2) is 4.79 Å². The Morgan fingerprint density at radius 2 is 1.78 bits per heavy atom. The highest BCUT2D eigenvalue weighted by Crippen LogP contribution is 2.23. The largest absolute Gasteiger partial charge is 0.484 e. The second-order valence-corrected chi connectivity index (χ2v) is 7.56. The molecule has 4 rings (SSSR count). The standard InChI is InChI=1S/C23H19N3O5S/c1-29-22(28)18-8-4-5-9-19(18)24-20(27)14-32-23-26-25-21(31-23)13-30-17-11-10-15-6-2-3-7-16(15)12-17/h2-12H,13-14H2,1H3,(H,24,27). The van der Waals surface area contributed by atoms with Crippen LogP contribution in [0.2, 0.25) is 0 Å². The summed E-state index contributed by atoms with van der Waals surface area (Å²) in [6.45, 7) is 0.116.